The maximum atomic E-state index is 13.7. The Bertz CT molecular complexity index is 1890. The van der Waals surface area contributed by atoms with Gasteiger partial charge in [-0.2, -0.15) is 5.10 Å². The Hall–Kier alpha value is -4.02. The van der Waals surface area contributed by atoms with Crippen LogP contribution < -0.4 is 21.1 Å². The van der Waals surface area contributed by atoms with Crippen LogP contribution in [0.25, 0.3) is 22.0 Å². The van der Waals surface area contributed by atoms with Gasteiger partial charge in [0.15, 0.2) is 0 Å². The van der Waals surface area contributed by atoms with Gasteiger partial charge in [0.25, 0.3) is 11.5 Å². The number of fused-ring (bicyclic) bond motifs is 3. The van der Waals surface area contributed by atoms with E-state index in [0.717, 1.165) is 103 Å². The summed E-state index contributed by atoms with van der Waals surface area (Å²) in [4.78, 5) is 39.0. The van der Waals surface area contributed by atoms with Gasteiger partial charge in [-0.05, 0) is 119 Å². The van der Waals surface area contributed by atoms with Gasteiger partial charge < -0.3 is 20.5 Å². The number of unbranched alkanes of at least 4 members (excludes halogenated alkanes) is 1. The number of aromatic nitrogens is 4. The van der Waals surface area contributed by atoms with E-state index in [1.807, 2.05) is 36.9 Å². The van der Waals surface area contributed by atoms with Crippen LogP contribution in [0.5, 0.6) is 0 Å². The molecular formula is C43H60N8O2. The van der Waals surface area contributed by atoms with E-state index >= 15 is 0 Å². The number of aryl methyl sites for hydroxylation is 2. The van der Waals surface area contributed by atoms with Gasteiger partial charge in [-0.1, -0.05) is 32.1 Å². The van der Waals surface area contributed by atoms with Crippen LogP contribution in [0.15, 0.2) is 47.5 Å². The van der Waals surface area contributed by atoms with Crippen molar-refractivity contribution in [1.29, 1.82) is 0 Å². The first kappa shape index (κ1) is 37.3. The number of carbonyl (C=O) groups is 1. The van der Waals surface area contributed by atoms with Crippen LogP contribution in [0.3, 0.4) is 0 Å². The fraction of sp³-hybridized carbons (Fsp3) is 0.581. The highest BCUT2D eigenvalue weighted by Crippen LogP contribution is 2.44. The number of nitrogens with one attached hydrogen (secondary N) is 3. The Morgan fingerprint density at radius 1 is 0.943 bits per heavy atom. The van der Waals surface area contributed by atoms with Crippen LogP contribution >= 0.6 is 0 Å². The summed E-state index contributed by atoms with van der Waals surface area (Å²) < 4.78 is 1.95. The third-order valence-corrected chi connectivity index (χ3v) is 12.2. The molecule has 0 spiro atoms. The van der Waals surface area contributed by atoms with Crippen molar-refractivity contribution in [1.82, 2.24) is 35.3 Å². The lowest BCUT2D eigenvalue weighted by atomic mass is 9.67. The van der Waals surface area contributed by atoms with Gasteiger partial charge in [0.05, 0.1) is 17.3 Å². The Labute approximate surface area is 315 Å². The highest BCUT2D eigenvalue weighted by molar-refractivity contribution is 6.08. The summed E-state index contributed by atoms with van der Waals surface area (Å²) in [6, 6.07) is 10.3. The van der Waals surface area contributed by atoms with Crippen molar-refractivity contribution in [2.75, 3.05) is 50.7 Å². The van der Waals surface area contributed by atoms with Gasteiger partial charge in [0.2, 0.25) is 0 Å². The molecule has 3 aliphatic rings. The molecule has 10 heteroatoms. The molecule has 10 nitrogen and oxygen atoms in total. The van der Waals surface area contributed by atoms with Crippen molar-refractivity contribution < 1.29 is 4.79 Å². The summed E-state index contributed by atoms with van der Waals surface area (Å²) in [6.45, 7) is 15.4. The quantitative estimate of drug-likeness (QED) is 0.120. The minimum absolute atomic E-state index is 0.123. The van der Waals surface area contributed by atoms with Crippen LogP contribution in [-0.4, -0.2) is 76.4 Å². The molecule has 7 rings (SSSR count). The van der Waals surface area contributed by atoms with Crippen molar-refractivity contribution >= 4 is 22.6 Å². The van der Waals surface area contributed by atoms with E-state index in [2.05, 4.69) is 62.6 Å². The van der Waals surface area contributed by atoms with E-state index in [1.54, 1.807) is 6.20 Å². The van der Waals surface area contributed by atoms with Crippen molar-refractivity contribution in [2.45, 2.75) is 98.1 Å². The maximum Gasteiger partial charge on any atom is 0.253 e. The van der Waals surface area contributed by atoms with Gasteiger partial charge in [-0.25, -0.2) is 4.98 Å². The molecular weight excluding hydrogens is 661 g/mol. The van der Waals surface area contributed by atoms with E-state index in [-0.39, 0.29) is 24.1 Å². The largest absolute Gasteiger partial charge is 0.354 e. The fourth-order valence-corrected chi connectivity index (χ4v) is 9.37. The minimum Gasteiger partial charge on any atom is -0.354 e. The molecule has 53 heavy (non-hydrogen) atoms. The second-order valence-electron chi connectivity index (χ2n) is 16.5. The van der Waals surface area contributed by atoms with E-state index in [9.17, 15) is 9.59 Å². The van der Waals surface area contributed by atoms with Gasteiger partial charge in [0, 0.05) is 80.3 Å². The highest BCUT2D eigenvalue weighted by Gasteiger charge is 2.31. The normalized spacial score (nSPS) is 20.7. The summed E-state index contributed by atoms with van der Waals surface area (Å²) >= 11 is 0. The molecule has 1 amide bonds. The van der Waals surface area contributed by atoms with Crippen LogP contribution in [0, 0.1) is 31.6 Å². The smallest absolute Gasteiger partial charge is 0.253 e. The van der Waals surface area contributed by atoms with Crippen molar-refractivity contribution in [3.8, 4) is 11.1 Å². The first-order valence-electron chi connectivity index (χ1n) is 20.3. The molecule has 0 radical (unpaired) electrons. The van der Waals surface area contributed by atoms with Crippen LogP contribution in [-0.2, 0) is 6.54 Å². The Morgan fingerprint density at radius 2 is 1.74 bits per heavy atom. The maximum absolute atomic E-state index is 13.7. The minimum atomic E-state index is -0.242. The first-order chi connectivity index (χ1) is 25.7. The van der Waals surface area contributed by atoms with E-state index < -0.39 is 0 Å². The zero-order chi connectivity index (χ0) is 36.9. The number of H-pyrrole nitrogens is 1. The number of pyridine rings is 2. The molecule has 4 heterocycles. The number of aromatic amines is 1. The van der Waals surface area contributed by atoms with Crippen molar-refractivity contribution in [3.63, 3.8) is 0 Å². The van der Waals surface area contributed by atoms with Gasteiger partial charge in [-0.15, -0.1) is 0 Å². The van der Waals surface area contributed by atoms with Gasteiger partial charge >= 0.3 is 0 Å². The predicted molar refractivity (Wildman–Crippen MR) is 215 cm³/mol. The van der Waals surface area contributed by atoms with E-state index in [1.165, 1.54) is 57.8 Å². The summed E-state index contributed by atoms with van der Waals surface area (Å²) in [5.41, 5.74) is 5.31. The zero-order valence-corrected chi connectivity index (χ0v) is 32.4. The SMILES string of the molecule is Cc1cc(C)c(CNC(=O)c2cc(-c3ccc(N4CCN(CCNCCCCC5CC6CCCC(C5)C6)CC4)nc3)cc3c2cnn3C(C)C)c(=O)[nH]1. The lowest BCUT2D eigenvalue weighted by Crippen LogP contribution is -2.48. The lowest BCUT2D eigenvalue weighted by molar-refractivity contribution is 0.0952. The third kappa shape index (κ3) is 9.03. The second-order valence-corrected chi connectivity index (χ2v) is 16.5. The first-order valence-corrected chi connectivity index (χ1v) is 20.3. The van der Waals surface area contributed by atoms with Crippen molar-refractivity contribution in [2.24, 2.45) is 17.8 Å². The number of amides is 1. The molecule has 2 unspecified atom stereocenters. The fourth-order valence-electron chi connectivity index (χ4n) is 9.37. The number of hydrogen-bond donors (Lipinski definition) is 3. The molecule has 4 aromatic rings. The zero-order valence-electron chi connectivity index (χ0n) is 32.4. The standard InChI is InChI=1S/C43H60N8O2/c1-29(2)51-40-25-36(24-37(39(40)28-47-51)42(52)46-27-38-30(3)20-31(4)48-43(38)53)35-11-12-41(45-26-35)50-18-16-49(17-19-50)15-14-44-13-6-5-8-32-21-33-9-7-10-34(22-32)23-33/h11-12,20,24-26,28-29,32-34,44H,5-10,13-19,21-23,27H2,1-4H3,(H,46,52)(H,48,53). The molecule has 3 aromatic heterocycles. The van der Waals surface area contributed by atoms with Gasteiger partial charge in [0.1, 0.15) is 5.82 Å². The number of anilines is 1. The summed E-state index contributed by atoms with van der Waals surface area (Å²) in [7, 11) is 0. The molecule has 2 saturated carbocycles. The van der Waals surface area contributed by atoms with Crippen LogP contribution in [0.1, 0.15) is 105 Å². The summed E-state index contributed by atoms with van der Waals surface area (Å²) in [5.74, 6) is 3.85. The molecule has 2 atom stereocenters. The van der Waals surface area contributed by atoms with Crippen molar-refractivity contribution in [3.05, 3.63) is 75.5 Å². The van der Waals surface area contributed by atoms with E-state index in [4.69, 9.17) is 4.98 Å². The highest BCUT2D eigenvalue weighted by atomic mass is 16.1. The topological polar surface area (TPSA) is 111 Å². The number of hydrogen-bond acceptors (Lipinski definition) is 7. The van der Waals surface area contributed by atoms with Gasteiger partial charge in [-0.3, -0.25) is 19.2 Å². The molecule has 3 N–H and O–H groups in total. The predicted octanol–water partition coefficient (Wildman–Crippen LogP) is 7.01. The molecule has 284 valence electrons. The number of rotatable bonds is 14. The number of piperazine rings is 1. The summed E-state index contributed by atoms with van der Waals surface area (Å²) in [5, 5.41) is 12.1. The monoisotopic (exact) mass is 720 g/mol. The Morgan fingerprint density at radius 3 is 2.45 bits per heavy atom. The second kappa shape index (κ2) is 17.0. The number of nitrogens with zero attached hydrogens (tertiary/aromatic N) is 5. The number of benzene rings is 1. The molecule has 3 fully saturated rings. The molecule has 1 aliphatic heterocycles. The molecule has 2 aliphatic carbocycles. The van der Waals surface area contributed by atoms with Crippen LogP contribution in [0.4, 0.5) is 5.82 Å². The Balaban J connectivity index is 0.905. The average molecular weight is 721 g/mol. The van der Waals surface area contributed by atoms with Crippen LogP contribution in [0.2, 0.25) is 0 Å². The van der Waals surface area contributed by atoms with E-state index in [0.29, 0.717) is 11.1 Å². The molecule has 2 bridgehead atoms. The summed E-state index contributed by atoms with van der Waals surface area (Å²) in [6.07, 6.45) is 16.9. The number of carbonyl (C=O) groups excluding carboxylic acids is 1. The lowest BCUT2D eigenvalue weighted by Gasteiger charge is -2.39. The molecule has 1 saturated heterocycles. The third-order valence-electron chi connectivity index (χ3n) is 12.2. The molecule has 1 aromatic carbocycles. The Kier molecular flexibility index (Phi) is 11.9. The average Bonchev–Trinajstić information content (AvgIpc) is 3.58.